The Morgan fingerprint density at radius 2 is 2.25 bits per heavy atom. The van der Waals surface area contributed by atoms with Crippen molar-refractivity contribution >= 4 is 11.9 Å². The van der Waals surface area contributed by atoms with Gasteiger partial charge in [-0.05, 0) is 33.2 Å². The lowest BCUT2D eigenvalue weighted by atomic mass is 9.72. The first-order valence-electron chi connectivity index (χ1n) is 5.52. The molecule has 0 aromatic rings. The maximum Gasteiger partial charge on any atom is 0.339 e. The predicted octanol–water partition coefficient (Wildman–Crippen LogP) is 0.233. The van der Waals surface area contributed by atoms with Crippen LogP contribution in [0.3, 0.4) is 0 Å². The van der Waals surface area contributed by atoms with Crippen LogP contribution in [0.5, 0.6) is 0 Å². The lowest BCUT2D eigenvalue weighted by Crippen LogP contribution is -2.64. The van der Waals surface area contributed by atoms with Gasteiger partial charge >= 0.3 is 11.9 Å². The van der Waals surface area contributed by atoms with Crippen molar-refractivity contribution in [3.8, 4) is 0 Å². The highest BCUT2D eigenvalue weighted by atomic mass is 16.6. The summed E-state index contributed by atoms with van der Waals surface area (Å²) in [6, 6.07) is 0. The Kier molecular flexibility index (Phi) is 2.45. The summed E-state index contributed by atoms with van der Waals surface area (Å²) in [5.74, 6) is -1.20. The average molecular weight is 227 g/mol. The van der Waals surface area contributed by atoms with Crippen LogP contribution < -0.4 is 5.32 Å². The molecule has 0 aromatic carbocycles. The average Bonchev–Trinajstić information content (AvgIpc) is 2.47. The molecule has 0 radical (unpaired) electrons. The molecular formula is C11H17NO4. The molecule has 5 nitrogen and oxygen atoms in total. The number of hydrogen-bond donors (Lipinski definition) is 1. The number of ether oxygens (including phenoxy) is 2. The SMILES string of the molecule is COC(=O)C12NCCCC1C(C)(C)OC2=O. The van der Waals surface area contributed by atoms with E-state index in [0.717, 1.165) is 12.8 Å². The number of hydrogen-bond acceptors (Lipinski definition) is 5. The van der Waals surface area contributed by atoms with E-state index in [1.165, 1.54) is 7.11 Å². The van der Waals surface area contributed by atoms with Gasteiger partial charge in [-0.25, -0.2) is 9.59 Å². The van der Waals surface area contributed by atoms with Gasteiger partial charge in [0.25, 0.3) is 0 Å². The fourth-order valence-corrected chi connectivity index (χ4v) is 2.86. The summed E-state index contributed by atoms with van der Waals surface area (Å²) >= 11 is 0. The van der Waals surface area contributed by atoms with Crippen LogP contribution in [0.4, 0.5) is 0 Å². The molecule has 2 unspecified atom stereocenters. The molecule has 0 aromatic heterocycles. The third-order valence-corrected chi connectivity index (χ3v) is 3.62. The van der Waals surface area contributed by atoms with Gasteiger partial charge in [0.1, 0.15) is 5.60 Å². The lowest BCUT2D eigenvalue weighted by molar-refractivity contribution is -0.160. The highest BCUT2D eigenvalue weighted by molar-refractivity contribution is 6.07. The van der Waals surface area contributed by atoms with Crippen LogP contribution in [0.25, 0.3) is 0 Å². The number of carbonyl (C=O) groups is 2. The summed E-state index contributed by atoms with van der Waals surface area (Å²) in [6.45, 7) is 4.32. The van der Waals surface area contributed by atoms with Crippen molar-refractivity contribution in [1.82, 2.24) is 5.32 Å². The molecule has 2 fully saturated rings. The molecule has 0 saturated carbocycles. The van der Waals surface area contributed by atoms with Crippen LogP contribution >= 0.6 is 0 Å². The van der Waals surface area contributed by atoms with Gasteiger partial charge in [-0.1, -0.05) is 0 Å². The van der Waals surface area contributed by atoms with Crippen molar-refractivity contribution in [2.45, 2.75) is 37.8 Å². The molecule has 16 heavy (non-hydrogen) atoms. The van der Waals surface area contributed by atoms with Gasteiger partial charge in [0.2, 0.25) is 5.54 Å². The minimum absolute atomic E-state index is 0.159. The van der Waals surface area contributed by atoms with E-state index in [9.17, 15) is 9.59 Å². The highest BCUT2D eigenvalue weighted by Gasteiger charge is 2.66. The molecule has 0 spiro atoms. The Morgan fingerprint density at radius 1 is 1.56 bits per heavy atom. The third kappa shape index (κ3) is 1.27. The molecule has 2 atom stereocenters. The monoisotopic (exact) mass is 227 g/mol. The van der Waals surface area contributed by atoms with Crippen LogP contribution in [-0.4, -0.2) is 36.7 Å². The van der Waals surface area contributed by atoms with Gasteiger partial charge in [0, 0.05) is 5.92 Å². The van der Waals surface area contributed by atoms with Crippen molar-refractivity contribution in [1.29, 1.82) is 0 Å². The standard InChI is InChI=1S/C11H17NO4/c1-10(2)7-5-4-6-12-11(7,8(13)15-3)9(14)16-10/h7,12H,4-6H2,1-3H3. The van der Waals surface area contributed by atoms with E-state index in [-0.39, 0.29) is 5.92 Å². The Bertz CT molecular complexity index is 339. The summed E-state index contributed by atoms with van der Waals surface area (Å²) in [5.41, 5.74) is -1.89. The van der Waals surface area contributed by atoms with Crippen molar-refractivity contribution in [3.05, 3.63) is 0 Å². The smallest absolute Gasteiger partial charge is 0.339 e. The molecule has 0 aliphatic carbocycles. The maximum atomic E-state index is 12.0. The van der Waals surface area contributed by atoms with Crippen LogP contribution in [0, 0.1) is 5.92 Å². The van der Waals surface area contributed by atoms with E-state index in [4.69, 9.17) is 9.47 Å². The minimum atomic E-state index is -1.28. The third-order valence-electron chi connectivity index (χ3n) is 3.62. The largest absolute Gasteiger partial charge is 0.467 e. The Balaban J connectivity index is 2.45. The van der Waals surface area contributed by atoms with Crippen LogP contribution in [0.15, 0.2) is 0 Å². The zero-order valence-electron chi connectivity index (χ0n) is 9.83. The number of piperidine rings is 1. The van der Waals surface area contributed by atoms with E-state index < -0.39 is 23.1 Å². The van der Waals surface area contributed by atoms with Crippen molar-refractivity contribution in [3.63, 3.8) is 0 Å². The van der Waals surface area contributed by atoms with Crippen LogP contribution in [-0.2, 0) is 19.1 Å². The van der Waals surface area contributed by atoms with Crippen molar-refractivity contribution in [2.75, 3.05) is 13.7 Å². The van der Waals surface area contributed by atoms with E-state index in [1.807, 2.05) is 13.8 Å². The second-order valence-corrected chi connectivity index (χ2v) is 4.91. The molecule has 2 saturated heterocycles. The lowest BCUT2D eigenvalue weighted by Gasteiger charge is -2.37. The second kappa shape index (κ2) is 3.45. The summed E-state index contributed by atoms with van der Waals surface area (Å²) in [5, 5.41) is 3.00. The molecular weight excluding hydrogens is 210 g/mol. The van der Waals surface area contributed by atoms with Crippen LogP contribution in [0.2, 0.25) is 0 Å². The summed E-state index contributed by atoms with van der Waals surface area (Å²) in [6.07, 6.45) is 1.73. The maximum absolute atomic E-state index is 12.0. The number of rotatable bonds is 1. The molecule has 0 amide bonds. The van der Waals surface area contributed by atoms with E-state index in [1.54, 1.807) is 0 Å². The number of cyclic esters (lactones) is 1. The molecule has 2 heterocycles. The number of esters is 2. The number of methoxy groups -OCH3 is 1. The van der Waals surface area contributed by atoms with Gasteiger partial charge < -0.3 is 9.47 Å². The zero-order chi connectivity index (χ0) is 12.0. The molecule has 2 aliphatic rings. The summed E-state index contributed by atoms with van der Waals surface area (Å²) in [4.78, 5) is 23.8. The fraction of sp³-hybridized carbons (Fsp3) is 0.818. The Hall–Kier alpha value is -1.10. The molecule has 1 N–H and O–H groups in total. The number of carbonyl (C=O) groups excluding carboxylic acids is 2. The predicted molar refractivity (Wildman–Crippen MR) is 55.6 cm³/mol. The topological polar surface area (TPSA) is 64.6 Å². The second-order valence-electron chi connectivity index (χ2n) is 4.91. The minimum Gasteiger partial charge on any atom is -0.467 e. The van der Waals surface area contributed by atoms with Gasteiger partial charge in [-0.3, -0.25) is 5.32 Å². The van der Waals surface area contributed by atoms with Gasteiger partial charge in [-0.15, -0.1) is 0 Å². The summed E-state index contributed by atoms with van der Waals surface area (Å²) < 4.78 is 10.1. The fourth-order valence-electron chi connectivity index (χ4n) is 2.86. The first-order valence-corrected chi connectivity index (χ1v) is 5.52. The quantitative estimate of drug-likeness (QED) is 0.513. The molecule has 90 valence electrons. The first-order chi connectivity index (χ1) is 7.45. The Morgan fingerprint density at radius 3 is 2.88 bits per heavy atom. The van der Waals surface area contributed by atoms with Crippen molar-refractivity contribution < 1.29 is 19.1 Å². The van der Waals surface area contributed by atoms with Gasteiger partial charge in [0.15, 0.2) is 0 Å². The number of nitrogens with one attached hydrogen (secondary N) is 1. The van der Waals surface area contributed by atoms with Crippen LogP contribution in [0.1, 0.15) is 26.7 Å². The van der Waals surface area contributed by atoms with Gasteiger partial charge in [0.05, 0.1) is 7.11 Å². The molecule has 0 bridgehead atoms. The molecule has 2 rings (SSSR count). The summed E-state index contributed by atoms with van der Waals surface area (Å²) in [7, 11) is 1.29. The normalized spacial score (nSPS) is 36.4. The van der Waals surface area contributed by atoms with E-state index in [0.29, 0.717) is 6.54 Å². The van der Waals surface area contributed by atoms with E-state index >= 15 is 0 Å². The first kappa shape index (κ1) is 11.4. The number of fused-ring (bicyclic) bond motifs is 1. The van der Waals surface area contributed by atoms with Crippen molar-refractivity contribution in [2.24, 2.45) is 5.92 Å². The van der Waals surface area contributed by atoms with E-state index in [2.05, 4.69) is 5.32 Å². The Labute approximate surface area is 94.5 Å². The molecule has 5 heteroatoms. The molecule has 2 aliphatic heterocycles. The zero-order valence-corrected chi connectivity index (χ0v) is 9.83. The highest BCUT2D eigenvalue weighted by Crippen LogP contribution is 2.45. The van der Waals surface area contributed by atoms with Gasteiger partial charge in [-0.2, -0.15) is 0 Å².